The molecular weight excluding hydrogens is 232 g/mol. The lowest BCUT2D eigenvalue weighted by Gasteiger charge is -2.08. The molecule has 6 heteroatoms. The van der Waals surface area contributed by atoms with Gasteiger partial charge in [-0.1, -0.05) is 0 Å². The van der Waals surface area contributed by atoms with Gasteiger partial charge in [-0.25, -0.2) is 4.98 Å². The summed E-state index contributed by atoms with van der Waals surface area (Å²) in [5.74, 6) is 1.28. The van der Waals surface area contributed by atoms with Crippen molar-refractivity contribution in [3.63, 3.8) is 0 Å². The second-order valence-corrected chi connectivity index (χ2v) is 3.63. The van der Waals surface area contributed by atoms with Crippen molar-refractivity contribution in [2.45, 2.75) is 0 Å². The minimum absolute atomic E-state index is 0.0807. The molecule has 0 spiro atoms. The van der Waals surface area contributed by atoms with Crippen LogP contribution in [0.3, 0.4) is 0 Å². The van der Waals surface area contributed by atoms with Gasteiger partial charge in [0.1, 0.15) is 5.82 Å². The summed E-state index contributed by atoms with van der Waals surface area (Å²) in [6.45, 7) is 0. The fourth-order valence-corrected chi connectivity index (χ4v) is 1.58. The van der Waals surface area contributed by atoms with Crippen LogP contribution in [0, 0.1) is 0 Å². The molecular formula is C12H14N4O2. The number of rotatable bonds is 3. The zero-order valence-corrected chi connectivity index (χ0v) is 10.1. The Morgan fingerprint density at radius 2 is 2.06 bits per heavy atom. The summed E-state index contributed by atoms with van der Waals surface area (Å²) >= 11 is 0. The molecule has 4 N–H and O–H groups in total. The van der Waals surface area contributed by atoms with Gasteiger partial charge in [-0.05, 0) is 18.2 Å². The molecule has 0 aliphatic heterocycles. The van der Waals surface area contributed by atoms with Gasteiger partial charge >= 0.3 is 0 Å². The van der Waals surface area contributed by atoms with Crippen LogP contribution in [0.25, 0.3) is 11.3 Å². The SMILES string of the molecule is CNc1cc(-c2ccc(O)c(OC)c2)nc(N)n1. The Kier molecular flexibility index (Phi) is 3.18. The third-order valence-electron chi connectivity index (χ3n) is 2.48. The highest BCUT2D eigenvalue weighted by Gasteiger charge is 2.08. The van der Waals surface area contributed by atoms with Crippen molar-refractivity contribution in [3.8, 4) is 22.8 Å². The van der Waals surface area contributed by atoms with E-state index in [4.69, 9.17) is 10.5 Å². The third kappa shape index (κ3) is 2.27. The van der Waals surface area contributed by atoms with Crippen LogP contribution >= 0.6 is 0 Å². The van der Waals surface area contributed by atoms with Crippen LogP contribution in [0.1, 0.15) is 0 Å². The number of anilines is 2. The highest BCUT2D eigenvalue weighted by atomic mass is 16.5. The Balaban J connectivity index is 2.51. The number of benzene rings is 1. The van der Waals surface area contributed by atoms with E-state index in [1.165, 1.54) is 7.11 Å². The molecule has 0 unspecified atom stereocenters. The Morgan fingerprint density at radius 1 is 1.28 bits per heavy atom. The van der Waals surface area contributed by atoms with Gasteiger partial charge in [-0.3, -0.25) is 0 Å². The van der Waals surface area contributed by atoms with Crippen molar-refractivity contribution in [1.29, 1.82) is 0 Å². The van der Waals surface area contributed by atoms with Crippen molar-refractivity contribution in [3.05, 3.63) is 24.3 Å². The summed E-state index contributed by atoms with van der Waals surface area (Å²) in [7, 11) is 3.25. The highest BCUT2D eigenvalue weighted by Crippen LogP contribution is 2.31. The van der Waals surface area contributed by atoms with Crippen LogP contribution in [0.5, 0.6) is 11.5 Å². The first-order chi connectivity index (χ1) is 8.63. The molecule has 0 aliphatic carbocycles. The van der Waals surface area contributed by atoms with Crippen molar-refractivity contribution in [2.75, 3.05) is 25.2 Å². The summed E-state index contributed by atoms with van der Waals surface area (Å²) in [5, 5.41) is 12.4. The Labute approximate surface area is 104 Å². The van der Waals surface area contributed by atoms with E-state index in [-0.39, 0.29) is 11.7 Å². The zero-order chi connectivity index (χ0) is 13.1. The maximum Gasteiger partial charge on any atom is 0.222 e. The van der Waals surface area contributed by atoms with Gasteiger partial charge in [0.05, 0.1) is 12.8 Å². The average Bonchev–Trinajstić information content (AvgIpc) is 2.38. The molecule has 1 heterocycles. The van der Waals surface area contributed by atoms with Crippen LogP contribution in [0.4, 0.5) is 11.8 Å². The maximum absolute atomic E-state index is 9.54. The van der Waals surface area contributed by atoms with E-state index in [1.807, 2.05) is 0 Å². The standard InChI is InChI=1S/C12H14N4O2/c1-14-11-6-8(15-12(13)16-11)7-3-4-9(17)10(5-7)18-2/h3-6,17H,1-2H3,(H3,13,14,15,16). The molecule has 1 aromatic carbocycles. The maximum atomic E-state index is 9.54. The van der Waals surface area contributed by atoms with Crippen molar-refractivity contribution in [1.82, 2.24) is 9.97 Å². The second kappa shape index (κ2) is 4.79. The van der Waals surface area contributed by atoms with Gasteiger partial charge in [0.2, 0.25) is 5.95 Å². The minimum Gasteiger partial charge on any atom is -0.504 e. The minimum atomic E-state index is 0.0807. The van der Waals surface area contributed by atoms with Crippen LogP contribution < -0.4 is 15.8 Å². The number of nitrogens with two attached hydrogens (primary N) is 1. The van der Waals surface area contributed by atoms with E-state index in [9.17, 15) is 5.11 Å². The lowest BCUT2D eigenvalue weighted by molar-refractivity contribution is 0.373. The van der Waals surface area contributed by atoms with Crippen LogP contribution in [0.15, 0.2) is 24.3 Å². The van der Waals surface area contributed by atoms with E-state index < -0.39 is 0 Å². The lowest BCUT2D eigenvalue weighted by Crippen LogP contribution is -2.01. The molecule has 0 fully saturated rings. The predicted molar refractivity (Wildman–Crippen MR) is 69.6 cm³/mol. The second-order valence-electron chi connectivity index (χ2n) is 3.63. The molecule has 0 saturated heterocycles. The van der Waals surface area contributed by atoms with Gasteiger partial charge in [-0.15, -0.1) is 0 Å². The summed E-state index contributed by atoms with van der Waals surface area (Å²) in [4.78, 5) is 8.16. The number of phenolic OH excluding ortho intramolecular Hbond substituents is 1. The number of nitrogens with zero attached hydrogens (tertiary/aromatic N) is 2. The fourth-order valence-electron chi connectivity index (χ4n) is 1.58. The van der Waals surface area contributed by atoms with E-state index in [1.54, 1.807) is 31.3 Å². The number of nitrogen functional groups attached to an aromatic ring is 1. The quantitative estimate of drug-likeness (QED) is 0.759. The number of aromatic nitrogens is 2. The summed E-state index contributed by atoms with van der Waals surface area (Å²) in [5.41, 5.74) is 7.07. The zero-order valence-electron chi connectivity index (χ0n) is 10.1. The van der Waals surface area contributed by atoms with E-state index in [0.29, 0.717) is 17.3 Å². The fraction of sp³-hybridized carbons (Fsp3) is 0.167. The molecule has 2 rings (SSSR count). The Hall–Kier alpha value is -2.50. The van der Waals surface area contributed by atoms with Crippen LogP contribution in [-0.4, -0.2) is 29.2 Å². The van der Waals surface area contributed by atoms with E-state index in [2.05, 4.69) is 15.3 Å². The van der Waals surface area contributed by atoms with Crippen LogP contribution in [-0.2, 0) is 0 Å². The summed E-state index contributed by atoms with van der Waals surface area (Å²) in [6, 6.07) is 6.74. The molecule has 0 radical (unpaired) electrons. The summed E-state index contributed by atoms with van der Waals surface area (Å²) < 4.78 is 5.05. The molecule has 0 bridgehead atoms. The molecule has 0 saturated carbocycles. The van der Waals surface area contributed by atoms with Gasteiger partial charge in [0.15, 0.2) is 11.5 Å². The Morgan fingerprint density at radius 3 is 2.72 bits per heavy atom. The molecule has 6 nitrogen and oxygen atoms in total. The smallest absolute Gasteiger partial charge is 0.222 e. The molecule has 18 heavy (non-hydrogen) atoms. The van der Waals surface area contributed by atoms with Crippen molar-refractivity contribution < 1.29 is 9.84 Å². The normalized spacial score (nSPS) is 10.1. The third-order valence-corrected chi connectivity index (χ3v) is 2.48. The summed E-state index contributed by atoms with van der Waals surface area (Å²) in [6.07, 6.45) is 0. The first-order valence-corrected chi connectivity index (χ1v) is 5.33. The van der Waals surface area contributed by atoms with Crippen LogP contribution in [0.2, 0.25) is 0 Å². The van der Waals surface area contributed by atoms with Gasteiger partial charge in [0, 0.05) is 18.7 Å². The number of nitrogens with one attached hydrogen (secondary N) is 1. The number of hydrogen-bond donors (Lipinski definition) is 3. The molecule has 0 aliphatic rings. The Bertz CT molecular complexity index is 572. The number of hydrogen-bond acceptors (Lipinski definition) is 6. The lowest BCUT2D eigenvalue weighted by atomic mass is 10.1. The van der Waals surface area contributed by atoms with E-state index >= 15 is 0 Å². The average molecular weight is 246 g/mol. The van der Waals surface area contributed by atoms with Crippen molar-refractivity contribution in [2.24, 2.45) is 0 Å². The monoisotopic (exact) mass is 246 g/mol. The number of phenols is 1. The topological polar surface area (TPSA) is 93.3 Å². The number of methoxy groups -OCH3 is 1. The largest absolute Gasteiger partial charge is 0.504 e. The van der Waals surface area contributed by atoms with E-state index in [0.717, 1.165) is 5.56 Å². The first kappa shape index (κ1) is 12.0. The molecule has 1 aromatic heterocycles. The number of aromatic hydroxyl groups is 1. The first-order valence-electron chi connectivity index (χ1n) is 5.33. The molecule has 0 amide bonds. The molecule has 0 atom stereocenters. The van der Waals surface area contributed by atoms with Crippen molar-refractivity contribution >= 4 is 11.8 Å². The molecule has 2 aromatic rings. The number of ether oxygens (including phenoxy) is 1. The highest BCUT2D eigenvalue weighted by molar-refractivity contribution is 5.67. The molecule has 94 valence electrons. The van der Waals surface area contributed by atoms with Gasteiger partial charge in [0.25, 0.3) is 0 Å². The van der Waals surface area contributed by atoms with Gasteiger partial charge < -0.3 is 20.9 Å². The predicted octanol–water partition coefficient (Wildman–Crippen LogP) is 1.48. The van der Waals surface area contributed by atoms with Gasteiger partial charge in [-0.2, -0.15) is 4.98 Å².